The predicted molar refractivity (Wildman–Crippen MR) is 148 cm³/mol. The van der Waals surface area contributed by atoms with Crippen LogP contribution in [0, 0.1) is 37.8 Å². The van der Waals surface area contributed by atoms with E-state index in [4.69, 9.17) is 12.8 Å². The first-order valence-electron chi connectivity index (χ1n) is 11.1. The fourth-order valence-corrected chi connectivity index (χ4v) is 3.75. The maximum atomic E-state index is 5.25. The molecule has 0 aliphatic rings. The second-order valence-corrected chi connectivity index (χ2v) is 7.31. The van der Waals surface area contributed by atoms with Crippen molar-refractivity contribution in [1.29, 1.82) is 0 Å². The standard InChI is InChI=1S/2C15H10N.2C2H.Ir/c2*1-2-7-13(8-3-1)15-14-9-5-4-6-12(14)10-11-16-15;2*1-2;/h2*1-7,9-11H;2*1H;/q4*-1;. The summed E-state index contributed by atoms with van der Waals surface area (Å²) in [7, 11) is 0. The molecule has 0 spiro atoms. The Morgan fingerprint density at radius 1 is 0.486 bits per heavy atom. The Labute approximate surface area is 232 Å². The zero-order chi connectivity index (χ0) is 25.6. The smallest absolute Gasteiger partial charge is 0.0167 e. The van der Waals surface area contributed by atoms with E-state index in [2.05, 4.69) is 59.2 Å². The van der Waals surface area contributed by atoms with E-state index in [1.54, 1.807) is 0 Å². The second kappa shape index (κ2) is 15.5. The van der Waals surface area contributed by atoms with Gasteiger partial charge < -0.3 is 35.7 Å². The van der Waals surface area contributed by atoms with Gasteiger partial charge in [-0.3, -0.25) is 0 Å². The van der Waals surface area contributed by atoms with Crippen molar-refractivity contribution in [2.45, 2.75) is 0 Å². The molecule has 0 amide bonds. The summed E-state index contributed by atoms with van der Waals surface area (Å²) in [5.74, 6) is 0. The van der Waals surface area contributed by atoms with Crippen LogP contribution in [0.1, 0.15) is 0 Å². The number of hydrogen-bond acceptors (Lipinski definition) is 2. The minimum absolute atomic E-state index is 0. The molecule has 0 N–H and O–H groups in total. The molecule has 0 saturated carbocycles. The quantitative estimate of drug-likeness (QED) is 0.141. The maximum absolute atomic E-state index is 5.25. The van der Waals surface area contributed by atoms with Crippen molar-refractivity contribution in [3.05, 3.63) is 147 Å². The van der Waals surface area contributed by atoms with Crippen molar-refractivity contribution in [2.75, 3.05) is 0 Å². The SMILES string of the molecule is [C-]#C.[C-]#C.[Ir].[c-]1ccccc1-c1nccc2ccccc12.[c-]1ccccc1-c1nccc2ccccc12. The van der Waals surface area contributed by atoms with Crippen molar-refractivity contribution in [3.63, 3.8) is 0 Å². The van der Waals surface area contributed by atoms with Gasteiger partial charge in [-0.2, -0.15) is 0 Å². The van der Waals surface area contributed by atoms with Crippen LogP contribution in [0.15, 0.2) is 122 Å². The van der Waals surface area contributed by atoms with E-state index in [9.17, 15) is 0 Å². The van der Waals surface area contributed by atoms with E-state index in [1.807, 2.05) is 97.3 Å². The van der Waals surface area contributed by atoms with Crippen LogP contribution in [0.5, 0.6) is 0 Å². The molecule has 0 aliphatic carbocycles. The van der Waals surface area contributed by atoms with Gasteiger partial charge in [0.15, 0.2) is 0 Å². The molecular formula is C34H22IrN2-4. The van der Waals surface area contributed by atoms with Crippen molar-refractivity contribution in [1.82, 2.24) is 9.97 Å². The molecule has 2 heterocycles. The zero-order valence-electron chi connectivity index (χ0n) is 19.9. The number of benzene rings is 4. The van der Waals surface area contributed by atoms with Crippen LogP contribution >= 0.6 is 0 Å². The van der Waals surface area contributed by atoms with Gasteiger partial charge in [-0.1, -0.05) is 48.5 Å². The Kier molecular flexibility index (Phi) is 12.0. The van der Waals surface area contributed by atoms with Crippen molar-refractivity contribution < 1.29 is 20.1 Å². The van der Waals surface area contributed by atoms with Gasteiger partial charge in [-0.25, -0.2) is 0 Å². The molecule has 2 aromatic heterocycles. The molecule has 2 nitrogen and oxygen atoms in total. The molecule has 0 atom stereocenters. The summed E-state index contributed by atoms with van der Waals surface area (Å²) >= 11 is 0. The fraction of sp³-hybridized carbons (Fsp3) is 0. The minimum atomic E-state index is 0. The molecule has 0 aliphatic heterocycles. The number of terminal acetylenes is 2. The van der Waals surface area contributed by atoms with Gasteiger partial charge in [0.25, 0.3) is 0 Å². The summed E-state index contributed by atoms with van der Waals surface area (Å²) in [5.41, 5.74) is 4.08. The van der Waals surface area contributed by atoms with E-state index >= 15 is 0 Å². The van der Waals surface area contributed by atoms with E-state index in [1.165, 1.54) is 21.5 Å². The Morgan fingerprint density at radius 3 is 1.24 bits per heavy atom. The first kappa shape index (κ1) is 28.7. The Balaban J connectivity index is 0.000000224. The second-order valence-electron chi connectivity index (χ2n) is 7.31. The van der Waals surface area contributed by atoms with Gasteiger partial charge >= 0.3 is 0 Å². The molecule has 181 valence electrons. The Bertz CT molecular complexity index is 1420. The summed E-state index contributed by atoms with van der Waals surface area (Å²) in [6, 6.07) is 42.9. The maximum Gasteiger partial charge on any atom is 0.0167 e. The molecule has 3 heteroatoms. The van der Waals surface area contributed by atoms with Crippen molar-refractivity contribution in [3.8, 4) is 35.4 Å². The number of fused-ring (bicyclic) bond motifs is 2. The Hall–Kier alpha value is -4.53. The van der Waals surface area contributed by atoms with Crippen LogP contribution in [0.4, 0.5) is 0 Å². The summed E-state index contributed by atoms with van der Waals surface area (Å²) in [5, 5.41) is 4.77. The van der Waals surface area contributed by atoms with Crippen LogP contribution in [0.2, 0.25) is 0 Å². The van der Waals surface area contributed by atoms with Gasteiger partial charge in [-0.05, 0) is 45.1 Å². The third-order valence-corrected chi connectivity index (χ3v) is 5.28. The van der Waals surface area contributed by atoms with Gasteiger partial charge in [0.1, 0.15) is 0 Å². The molecule has 0 saturated heterocycles. The first-order valence-corrected chi connectivity index (χ1v) is 11.1. The zero-order valence-corrected chi connectivity index (χ0v) is 22.3. The van der Waals surface area contributed by atoms with Crippen LogP contribution in [0.3, 0.4) is 0 Å². The monoisotopic (exact) mass is 651 g/mol. The molecular weight excluding hydrogens is 629 g/mol. The summed E-state index contributed by atoms with van der Waals surface area (Å²) in [4.78, 5) is 8.89. The fourth-order valence-electron chi connectivity index (χ4n) is 3.75. The average molecular weight is 651 g/mol. The van der Waals surface area contributed by atoms with Crippen molar-refractivity contribution >= 4 is 21.5 Å². The van der Waals surface area contributed by atoms with Gasteiger partial charge in [0, 0.05) is 32.5 Å². The molecule has 0 bridgehead atoms. The minimum Gasteiger partial charge on any atom is -0.697 e. The van der Waals surface area contributed by atoms with Crippen LogP contribution in [0.25, 0.3) is 44.1 Å². The number of rotatable bonds is 2. The number of pyridine rings is 2. The molecule has 0 unspecified atom stereocenters. The van der Waals surface area contributed by atoms with E-state index in [0.717, 1.165) is 22.5 Å². The molecule has 6 rings (SSSR count). The van der Waals surface area contributed by atoms with Crippen LogP contribution in [-0.4, -0.2) is 9.97 Å². The first-order chi connectivity index (χ1) is 17.9. The van der Waals surface area contributed by atoms with Crippen LogP contribution in [-0.2, 0) is 20.1 Å². The van der Waals surface area contributed by atoms with E-state index in [0.29, 0.717) is 0 Å². The summed E-state index contributed by atoms with van der Waals surface area (Å²) < 4.78 is 0. The number of hydrogen-bond donors (Lipinski definition) is 0. The molecule has 6 aromatic rings. The van der Waals surface area contributed by atoms with Crippen LogP contribution < -0.4 is 0 Å². The van der Waals surface area contributed by atoms with Gasteiger partial charge in [0.05, 0.1) is 0 Å². The van der Waals surface area contributed by atoms with E-state index in [-0.39, 0.29) is 20.1 Å². The van der Waals surface area contributed by atoms with E-state index < -0.39 is 0 Å². The molecule has 4 aromatic carbocycles. The van der Waals surface area contributed by atoms with Crippen molar-refractivity contribution in [2.24, 2.45) is 0 Å². The molecule has 37 heavy (non-hydrogen) atoms. The van der Waals surface area contributed by atoms with Gasteiger partial charge in [0.2, 0.25) is 0 Å². The summed E-state index contributed by atoms with van der Waals surface area (Å²) in [6.07, 6.45) is 21.7. The Morgan fingerprint density at radius 2 is 0.865 bits per heavy atom. The molecule has 0 fully saturated rings. The number of aromatic nitrogens is 2. The third-order valence-electron chi connectivity index (χ3n) is 5.28. The predicted octanol–water partition coefficient (Wildman–Crippen LogP) is 7.81. The normalized spacial score (nSPS) is 9.19. The topological polar surface area (TPSA) is 25.8 Å². The average Bonchev–Trinajstić information content (AvgIpc) is 3.00. The van der Waals surface area contributed by atoms with Gasteiger partial charge in [-0.15, -0.1) is 71.8 Å². The summed E-state index contributed by atoms with van der Waals surface area (Å²) in [6.45, 7) is 0. The number of nitrogens with zero attached hydrogens (tertiary/aromatic N) is 2. The third kappa shape index (κ3) is 7.23. The molecule has 1 radical (unpaired) electrons. The largest absolute Gasteiger partial charge is 0.697 e.